The molecule has 4 heteroatoms. The topological polar surface area (TPSA) is 50.9 Å². The lowest BCUT2D eigenvalue weighted by Crippen LogP contribution is -2.20. The Bertz CT molecular complexity index is 332. The SMILES string of the molecule is C=CCC1CNCCc2sc(N)nc21. The second-order valence-corrected chi connectivity index (χ2v) is 4.65. The number of nitrogens with two attached hydrogens (primary N) is 1. The Morgan fingerprint density at radius 2 is 2.57 bits per heavy atom. The van der Waals surface area contributed by atoms with Crippen LogP contribution in [-0.2, 0) is 6.42 Å². The van der Waals surface area contributed by atoms with E-state index in [1.54, 1.807) is 11.3 Å². The van der Waals surface area contributed by atoms with Crippen LogP contribution in [0.2, 0.25) is 0 Å². The molecule has 76 valence electrons. The minimum Gasteiger partial charge on any atom is -0.375 e. The van der Waals surface area contributed by atoms with Gasteiger partial charge in [0.2, 0.25) is 0 Å². The molecule has 0 saturated heterocycles. The van der Waals surface area contributed by atoms with Gasteiger partial charge in [-0.15, -0.1) is 17.9 Å². The molecule has 0 amide bonds. The predicted molar refractivity (Wildman–Crippen MR) is 60.7 cm³/mol. The summed E-state index contributed by atoms with van der Waals surface area (Å²) >= 11 is 1.63. The third-order valence-electron chi connectivity index (χ3n) is 2.50. The molecule has 14 heavy (non-hydrogen) atoms. The van der Waals surface area contributed by atoms with Crippen LogP contribution in [0.1, 0.15) is 22.9 Å². The molecule has 0 fully saturated rings. The van der Waals surface area contributed by atoms with E-state index in [2.05, 4.69) is 16.9 Å². The molecule has 0 saturated carbocycles. The van der Waals surface area contributed by atoms with E-state index in [0.717, 1.165) is 25.9 Å². The second-order valence-electron chi connectivity index (χ2n) is 3.54. The maximum Gasteiger partial charge on any atom is 0.180 e. The Balaban J connectivity index is 2.30. The first-order valence-corrected chi connectivity index (χ1v) is 5.69. The van der Waals surface area contributed by atoms with Crippen LogP contribution in [0, 0.1) is 0 Å². The van der Waals surface area contributed by atoms with Crippen LogP contribution in [0.3, 0.4) is 0 Å². The van der Waals surface area contributed by atoms with Gasteiger partial charge in [-0.3, -0.25) is 0 Å². The number of nitrogen functional groups attached to an aromatic ring is 1. The van der Waals surface area contributed by atoms with Crippen molar-refractivity contribution >= 4 is 16.5 Å². The van der Waals surface area contributed by atoms with Crippen LogP contribution >= 0.6 is 11.3 Å². The number of hydrogen-bond acceptors (Lipinski definition) is 4. The molecule has 1 aliphatic heterocycles. The van der Waals surface area contributed by atoms with Crippen LogP contribution in [0.5, 0.6) is 0 Å². The summed E-state index contributed by atoms with van der Waals surface area (Å²) in [5.74, 6) is 0.457. The number of nitrogens with one attached hydrogen (secondary N) is 1. The van der Waals surface area contributed by atoms with Gasteiger partial charge in [0.05, 0.1) is 5.69 Å². The molecule has 0 bridgehead atoms. The minimum atomic E-state index is 0.457. The van der Waals surface area contributed by atoms with Gasteiger partial charge in [-0.2, -0.15) is 0 Å². The first kappa shape index (κ1) is 9.68. The van der Waals surface area contributed by atoms with Crippen molar-refractivity contribution in [3.05, 3.63) is 23.2 Å². The van der Waals surface area contributed by atoms with Crippen LogP contribution in [0.4, 0.5) is 5.13 Å². The fourth-order valence-corrected chi connectivity index (χ4v) is 2.77. The van der Waals surface area contributed by atoms with Crippen molar-refractivity contribution in [2.75, 3.05) is 18.8 Å². The fourth-order valence-electron chi connectivity index (χ4n) is 1.85. The Labute approximate surface area is 88.0 Å². The summed E-state index contributed by atoms with van der Waals surface area (Å²) < 4.78 is 0. The van der Waals surface area contributed by atoms with E-state index in [9.17, 15) is 0 Å². The number of rotatable bonds is 2. The molecule has 0 aliphatic carbocycles. The number of anilines is 1. The second kappa shape index (κ2) is 4.11. The van der Waals surface area contributed by atoms with Crippen LogP contribution in [-0.4, -0.2) is 18.1 Å². The molecular formula is C10H15N3S. The van der Waals surface area contributed by atoms with Crippen molar-refractivity contribution < 1.29 is 0 Å². The highest BCUT2D eigenvalue weighted by atomic mass is 32.1. The maximum atomic E-state index is 5.73. The zero-order chi connectivity index (χ0) is 9.97. The lowest BCUT2D eigenvalue weighted by Gasteiger charge is -2.10. The summed E-state index contributed by atoms with van der Waals surface area (Å²) in [6.45, 7) is 5.80. The van der Waals surface area contributed by atoms with E-state index < -0.39 is 0 Å². The summed E-state index contributed by atoms with van der Waals surface area (Å²) in [4.78, 5) is 5.77. The van der Waals surface area contributed by atoms with Gasteiger partial charge in [-0.1, -0.05) is 6.08 Å². The molecule has 3 nitrogen and oxygen atoms in total. The lowest BCUT2D eigenvalue weighted by molar-refractivity contribution is 0.605. The smallest absolute Gasteiger partial charge is 0.180 e. The van der Waals surface area contributed by atoms with Crippen LogP contribution in [0.15, 0.2) is 12.7 Å². The Kier molecular flexibility index (Phi) is 2.84. The van der Waals surface area contributed by atoms with Crippen molar-refractivity contribution in [2.24, 2.45) is 0 Å². The van der Waals surface area contributed by atoms with Gasteiger partial charge in [0.25, 0.3) is 0 Å². The average Bonchev–Trinajstić information content (AvgIpc) is 2.43. The molecule has 1 unspecified atom stereocenters. The molecule has 0 radical (unpaired) electrons. The van der Waals surface area contributed by atoms with E-state index in [1.807, 2.05) is 6.08 Å². The largest absolute Gasteiger partial charge is 0.375 e. The highest BCUT2D eigenvalue weighted by Gasteiger charge is 2.21. The van der Waals surface area contributed by atoms with Crippen molar-refractivity contribution in [2.45, 2.75) is 18.8 Å². The highest BCUT2D eigenvalue weighted by molar-refractivity contribution is 7.15. The summed E-state index contributed by atoms with van der Waals surface area (Å²) in [6.07, 6.45) is 3.98. The van der Waals surface area contributed by atoms with Gasteiger partial charge < -0.3 is 11.1 Å². The zero-order valence-corrected chi connectivity index (χ0v) is 8.94. The van der Waals surface area contributed by atoms with Crippen LogP contribution < -0.4 is 11.1 Å². The Hall–Kier alpha value is -0.870. The Morgan fingerprint density at radius 3 is 3.36 bits per heavy atom. The molecular weight excluding hydrogens is 194 g/mol. The molecule has 0 aromatic carbocycles. The first-order chi connectivity index (χ1) is 6.81. The quantitative estimate of drug-likeness (QED) is 0.726. The minimum absolute atomic E-state index is 0.457. The van der Waals surface area contributed by atoms with E-state index in [0.29, 0.717) is 11.0 Å². The summed E-state index contributed by atoms with van der Waals surface area (Å²) in [6, 6.07) is 0. The number of thiazole rings is 1. The lowest BCUT2D eigenvalue weighted by atomic mass is 10.0. The molecule has 1 aromatic rings. The number of aromatic nitrogens is 1. The van der Waals surface area contributed by atoms with Crippen molar-refractivity contribution in [1.29, 1.82) is 0 Å². The normalized spacial score (nSPS) is 21.3. The molecule has 2 heterocycles. The predicted octanol–water partition coefficient (Wildman–Crippen LogP) is 1.53. The van der Waals surface area contributed by atoms with Crippen molar-refractivity contribution in [3.8, 4) is 0 Å². The molecule has 1 aliphatic rings. The fraction of sp³-hybridized carbons (Fsp3) is 0.500. The van der Waals surface area contributed by atoms with Gasteiger partial charge in [-0.25, -0.2) is 4.98 Å². The van der Waals surface area contributed by atoms with Gasteiger partial charge in [0.15, 0.2) is 5.13 Å². The van der Waals surface area contributed by atoms with E-state index >= 15 is 0 Å². The molecule has 2 rings (SSSR count). The third kappa shape index (κ3) is 1.81. The standard InChI is InChI=1S/C10H15N3S/c1-2-3-7-6-12-5-4-8-9(7)13-10(11)14-8/h2,7,12H,1,3-6H2,(H2,11,13). The van der Waals surface area contributed by atoms with E-state index in [1.165, 1.54) is 10.6 Å². The molecule has 0 spiro atoms. The average molecular weight is 209 g/mol. The van der Waals surface area contributed by atoms with Crippen LogP contribution in [0.25, 0.3) is 0 Å². The third-order valence-corrected chi connectivity index (χ3v) is 3.46. The summed E-state index contributed by atoms with van der Waals surface area (Å²) in [7, 11) is 0. The summed E-state index contributed by atoms with van der Waals surface area (Å²) in [5, 5.41) is 4.11. The van der Waals surface area contributed by atoms with Gasteiger partial charge in [0, 0.05) is 23.9 Å². The van der Waals surface area contributed by atoms with Gasteiger partial charge >= 0.3 is 0 Å². The van der Waals surface area contributed by atoms with Gasteiger partial charge in [-0.05, 0) is 12.8 Å². The van der Waals surface area contributed by atoms with Crippen molar-refractivity contribution in [1.82, 2.24) is 10.3 Å². The van der Waals surface area contributed by atoms with Crippen molar-refractivity contribution in [3.63, 3.8) is 0 Å². The molecule has 1 aromatic heterocycles. The summed E-state index contributed by atoms with van der Waals surface area (Å²) in [5.41, 5.74) is 6.92. The highest BCUT2D eigenvalue weighted by Crippen LogP contribution is 2.30. The Morgan fingerprint density at radius 1 is 1.71 bits per heavy atom. The monoisotopic (exact) mass is 209 g/mol. The molecule has 3 N–H and O–H groups in total. The van der Waals surface area contributed by atoms with E-state index in [4.69, 9.17) is 5.73 Å². The van der Waals surface area contributed by atoms with Gasteiger partial charge in [0.1, 0.15) is 0 Å². The molecule has 1 atom stereocenters. The number of nitrogens with zero attached hydrogens (tertiary/aromatic N) is 1. The first-order valence-electron chi connectivity index (χ1n) is 4.88. The maximum absolute atomic E-state index is 5.73. The number of fused-ring (bicyclic) bond motifs is 1. The number of allylic oxidation sites excluding steroid dienone is 1. The zero-order valence-electron chi connectivity index (χ0n) is 8.12. The van der Waals surface area contributed by atoms with E-state index in [-0.39, 0.29) is 0 Å². The number of hydrogen-bond donors (Lipinski definition) is 2.